The molecule has 0 aromatic rings. The van der Waals surface area contributed by atoms with Gasteiger partial charge in [0.25, 0.3) is 0 Å². The van der Waals surface area contributed by atoms with Crippen molar-refractivity contribution in [3.05, 3.63) is 22.5 Å². The first-order chi connectivity index (χ1) is 4.76. The summed E-state index contributed by atoms with van der Waals surface area (Å²) in [6.45, 7) is 8.39. The van der Waals surface area contributed by atoms with Crippen LogP contribution in [0.4, 0.5) is 0 Å². The quantitative estimate of drug-likeness (QED) is 0.243. The molecule has 0 aromatic carbocycles. The van der Waals surface area contributed by atoms with E-state index in [2.05, 4.69) is 22.2 Å². The Kier molecular flexibility index (Phi) is 9.36. The fourth-order valence-electron chi connectivity index (χ4n) is 0.325. The van der Waals surface area contributed by atoms with Gasteiger partial charge in [0.1, 0.15) is 0 Å². The van der Waals surface area contributed by atoms with Crippen LogP contribution in [0.5, 0.6) is 0 Å². The van der Waals surface area contributed by atoms with E-state index in [1.54, 1.807) is 6.92 Å². The van der Waals surface area contributed by atoms with Gasteiger partial charge in [-0.1, -0.05) is 0 Å². The second-order valence-corrected chi connectivity index (χ2v) is 1.57. The van der Waals surface area contributed by atoms with Gasteiger partial charge in [0.2, 0.25) is 5.70 Å². The molecule has 0 amide bonds. The zero-order chi connectivity index (χ0) is 7.98. The van der Waals surface area contributed by atoms with Crippen LogP contribution in [0.25, 0.3) is 4.85 Å². The van der Waals surface area contributed by atoms with Crippen molar-refractivity contribution >= 4 is 18.6 Å². The Bertz CT molecular complexity index is 197. The van der Waals surface area contributed by atoms with Crippen molar-refractivity contribution in [2.75, 3.05) is 6.61 Å². The fourth-order valence-corrected chi connectivity index (χ4v) is 0.474. The smallest absolute Gasteiger partial charge is 0.799 e. The van der Waals surface area contributed by atoms with Crippen molar-refractivity contribution in [2.24, 2.45) is 0 Å². The van der Waals surface area contributed by atoms with E-state index < -0.39 is 5.97 Å². The second-order valence-electron chi connectivity index (χ2n) is 1.34. The summed E-state index contributed by atoms with van der Waals surface area (Å²) in [7, 11) is 0. The predicted octanol–water partition coefficient (Wildman–Crippen LogP) is 0.855. The molecule has 0 radical (unpaired) electrons. The van der Waals surface area contributed by atoms with E-state index in [1.165, 1.54) is 0 Å². The van der Waals surface area contributed by atoms with E-state index in [9.17, 15) is 4.79 Å². The molecule has 0 aliphatic rings. The Labute approximate surface area is 86.5 Å². The fraction of sp³-hybridized carbons (Fsp3) is 0.333. The van der Waals surface area contributed by atoms with Crippen LogP contribution in [0.15, 0.2) is 11.1 Å². The number of rotatable bonds is 2. The number of esters is 1. The van der Waals surface area contributed by atoms with Gasteiger partial charge in [0, 0.05) is 0 Å². The number of carbonyl (C=O) groups excluding carboxylic acids is 1. The van der Waals surface area contributed by atoms with Crippen LogP contribution < -0.4 is 0 Å². The number of hydrogen-bond acceptors (Lipinski definition) is 3. The molecule has 0 N–H and O–H groups in total. The Balaban J connectivity index is 0. The minimum Gasteiger partial charge on any atom is -0.799 e. The standard InChI is InChI=1S/C6H7NO2S.Au/c1-3-9-6(8)5(4-10)7-2;/h4,10H,3H2,1H3;/q;+1/p-1/b5-4+;. The summed E-state index contributed by atoms with van der Waals surface area (Å²) in [5, 5.41) is 1.02. The molecule has 0 aromatic heterocycles. The SMILES string of the molecule is [Au+].[C-]#[N+]/C(=C/[S-])C(=O)OCC. The summed E-state index contributed by atoms with van der Waals surface area (Å²) in [5.74, 6) is -0.646. The summed E-state index contributed by atoms with van der Waals surface area (Å²) in [6.07, 6.45) is 0. The third-order valence-corrected chi connectivity index (χ3v) is 0.940. The van der Waals surface area contributed by atoms with E-state index in [4.69, 9.17) is 6.57 Å². The molecule has 0 spiro atoms. The van der Waals surface area contributed by atoms with Gasteiger partial charge in [-0.3, -0.25) is 4.79 Å². The Morgan fingerprint density at radius 3 is 2.64 bits per heavy atom. The van der Waals surface area contributed by atoms with Crippen LogP contribution >= 0.6 is 0 Å². The first-order valence-electron chi connectivity index (χ1n) is 2.63. The number of ether oxygens (including phenoxy) is 1. The van der Waals surface area contributed by atoms with Crippen LogP contribution in [0.2, 0.25) is 0 Å². The van der Waals surface area contributed by atoms with E-state index in [-0.39, 0.29) is 34.7 Å². The predicted molar refractivity (Wildman–Crippen MR) is 38.7 cm³/mol. The maximum atomic E-state index is 10.6. The molecule has 0 saturated heterocycles. The van der Waals surface area contributed by atoms with Gasteiger partial charge < -0.3 is 17.4 Å². The molecule has 0 rings (SSSR count). The summed E-state index contributed by atoms with van der Waals surface area (Å²) in [6, 6.07) is 0. The van der Waals surface area contributed by atoms with Gasteiger partial charge >= 0.3 is 28.3 Å². The van der Waals surface area contributed by atoms with E-state index in [1.807, 2.05) is 0 Å². The molecule has 0 unspecified atom stereocenters. The minimum atomic E-state index is -0.646. The summed E-state index contributed by atoms with van der Waals surface area (Å²) in [5.41, 5.74) is -0.142. The van der Waals surface area contributed by atoms with Crippen LogP contribution in [0, 0.1) is 6.57 Å². The summed E-state index contributed by atoms with van der Waals surface area (Å²) in [4.78, 5) is 13.5. The average molecular weight is 353 g/mol. The van der Waals surface area contributed by atoms with Crippen LogP contribution in [0.1, 0.15) is 6.92 Å². The van der Waals surface area contributed by atoms with Crippen molar-refractivity contribution in [2.45, 2.75) is 6.92 Å². The number of hydrogen-bond donors (Lipinski definition) is 0. The topological polar surface area (TPSA) is 30.7 Å². The maximum Gasteiger partial charge on any atom is 1.00 e. The molecule has 3 nitrogen and oxygen atoms in total. The largest absolute Gasteiger partial charge is 1.00 e. The third kappa shape index (κ3) is 4.99. The van der Waals surface area contributed by atoms with Crippen molar-refractivity contribution in [1.29, 1.82) is 0 Å². The zero-order valence-corrected chi connectivity index (χ0v) is 8.74. The first kappa shape index (κ1) is 13.3. The van der Waals surface area contributed by atoms with Gasteiger partial charge in [-0.15, -0.1) is 0 Å². The average Bonchev–Trinajstić information content (AvgIpc) is 1.91. The van der Waals surface area contributed by atoms with Crippen molar-refractivity contribution in [3.63, 3.8) is 0 Å². The van der Waals surface area contributed by atoms with Gasteiger partial charge in [-0.2, -0.15) is 0 Å². The van der Waals surface area contributed by atoms with Crippen LogP contribution in [-0.2, 0) is 44.5 Å². The maximum absolute atomic E-state index is 10.6. The second kappa shape index (κ2) is 7.76. The molecule has 5 heteroatoms. The molecular weight excluding hydrogens is 347 g/mol. The molecule has 0 fully saturated rings. The Hall–Kier alpha value is -0.340. The molecule has 0 atom stereocenters. The molecule has 0 heterocycles. The van der Waals surface area contributed by atoms with E-state index >= 15 is 0 Å². The van der Waals surface area contributed by atoms with Crippen molar-refractivity contribution in [1.82, 2.24) is 0 Å². The minimum absolute atomic E-state index is 0. The Morgan fingerprint density at radius 2 is 2.36 bits per heavy atom. The van der Waals surface area contributed by atoms with Crippen molar-refractivity contribution < 1.29 is 31.9 Å². The van der Waals surface area contributed by atoms with Crippen LogP contribution in [-0.4, -0.2) is 12.6 Å². The monoisotopic (exact) mass is 353 g/mol. The molecule has 0 aliphatic carbocycles. The Morgan fingerprint density at radius 1 is 1.82 bits per heavy atom. The molecule has 0 aliphatic heterocycles. The molecule has 64 valence electrons. The van der Waals surface area contributed by atoms with Crippen molar-refractivity contribution in [3.8, 4) is 0 Å². The number of carbonyl (C=O) groups is 1. The molecule has 0 saturated carbocycles. The molecular formula is C6H6AuNO2S. The van der Waals surface area contributed by atoms with Gasteiger partial charge in [0.05, 0.1) is 13.2 Å². The molecule has 11 heavy (non-hydrogen) atoms. The van der Waals surface area contributed by atoms with Crippen LogP contribution in [0.3, 0.4) is 0 Å². The third-order valence-electron chi connectivity index (χ3n) is 0.717. The normalized spacial score (nSPS) is 9.27. The van der Waals surface area contributed by atoms with Gasteiger partial charge in [-0.25, -0.2) is 10.3 Å². The molecule has 0 bridgehead atoms. The first-order valence-corrected chi connectivity index (χ1v) is 3.10. The number of nitrogens with zero attached hydrogens (tertiary/aromatic N) is 1. The summed E-state index contributed by atoms with van der Waals surface area (Å²) >= 11 is 4.39. The van der Waals surface area contributed by atoms with E-state index in [0.717, 1.165) is 5.41 Å². The summed E-state index contributed by atoms with van der Waals surface area (Å²) < 4.78 is 4.50. The zero-order valence-electron chi connectivity index (χ0n) is 5.76. The van der Waals surface area contributed by atoms with Gasteiger partial charge in [0.15, 0.2) is 0 Å². The van der Waals surface area contributed by atoms with Gasteiger partial charge in [-0.05, 0) is 6.92 Å². The van der Waals surface area contributed by atoms with E-state index in [0.29, 0.717) is 0 Å².